The summed E-state index contributed by atoms with van der Waals surface area (Å²) >= 11 is 0. The van der Waals surface area contributed by atoms with Gasteiger partial charge in [0.05, 0.1) is 0 Å². The number of rotatable bonds is 3. The maximum Gasteiger partial charge on any atom is 0.266 e. The number of nitrogens with one attached hydrogen (secondary N) is 1. The SMILES string of the molecule is CCCn1[nH]c(CC)cc1=O. The quantitative estimate of drug-likeness (QED) is 0.696. The summed E-state index contributed by atoms with van der Waals surface area (Å²) in [5, 5.41) is 3.04. The van der Waals surface area contributed by atoms with Crippen molar-refractivity contribution >= 4 is 0 Å². The van der Waals surface area contributed by atoms with Crippen molar-refractivity contribution in [2.24, 2.45) is 0 Å². The minimum absolute atomic E-state index is 0.0868. The summed E-state index contributed by atoms with van der Waals surface area (Å²) in [6.07, 6.45) is 1.88. The lowest BCUT2D eigenvalue weighted by atomic mass is 10.3. The number of H-pyrrole nitrogens is 1. The van der Waals surface area contributed by atoms with E-state index in [1.807, 2.05) is 6.92 Å². The van der Waals surface area contributed by atoms with Gasteiger partial charge < -0.3 is 0 Å². The lowest BCUT2D eigenvalue weighted by molar-refractivity contribution is 0.579. The van der Waals surface area contributed by atoms with E-state index < -0.39 is 0 Å². The second-order valence-electron chi connectivity index (χ2n) is 2.62. The molecule has 1 rings (SSSR count). The standard InChI is InChI=1S/C8H14N2O/c1-3-5-10-8(11)6-7(4-2)9-10/h6,9H,3-5H2,1-2H3. The second kappa shape index (κ2) is 3.42. The first-order valence-electron chi connectivity index (χ1n) is 4.06. The van der Waals surface area contributed by atoms with Crippen LogP contribution >= 0.6 is 0 Å². The predicted molar refractivity (Wildman–Crippen MR) is 44.7 cm³/mol. The molecule has 0 unspecified atom stereocenters. The molecule has 0 atom stereocenters. The summed E-state index contributed by atoms with van der Waals surface area (Å²) in [5.74, 6) is 0. The molecule has 0 amide bonds. The molecule has 0 fully saturated rings. The molecule has 1 aromatic rings. The highest BCUT2D eigenvalue weighted by Crippen LogP contribution is 1.91. The van der Waals surface area contributed by atoms with Crippen LogP contribution in [0.2, 0.25) is 0 Å². The van der Waals surface area contributed by atoms with Gasteiger partial charge in [-0.15, -0.1) is 0 Å². The maximum atomic E-state index is 11.1. The molecule has 0 bridgehead atoms. The van der Waals surface area contributed by atoms with Crippen molar-refractivity contribution in [1.82, 2.24) is 9.78 Å². The molecular weight excluding hydrogens is 140 g/mol. The third kappa shape index (κ3) is 1.73. The Morgan fingerprint density at radius 2 is 2.27 bits per heavy atom. The van der Waals surface area contributed by atoms with Crippen LogP contribution in [0.15, 0.2) is 10.9 Å². The molecule has 11 heavy (non-hydrogen) atoms. The molecule has 1 N–H and O–H groups in total. The average molecular weight is 154 g/mol. The average Bonchev–Trinajstić information content (AvgIpc) is 2.33. The van der Waals surface area contributed by atoms with E-state index in [0.29, 0.717) is 0 Å². The van der Waals surface area contributed by atoms with Crippen molar-refractivity contribution in [2.75, 3.05) is 0 Å². The molecule has 62 valence electrons. The van der Waals surface area contributed by atoms with Gasteiger partial charge in [0.15, 0.2) is 0 Å². The van der Waals surface area contributed by atoms with Crippen molar-refractivity contribution in [3.05, 3.63) is 22.1 Å². The fourth-order valence-electron chi connectivity index (χ4n) is 1.06. The van der Waals surface area contributed by atoms with Gasteiger partial charge in [-0.3, -0.25) is 14.6 Å². The summed E-state index contributed by atoms with van der Waals surface area (Å²) in [5.41, 5.74) is 1.10. The topological polar surface area (TPSA) is 37.8 Å². The molecule has 0 radical (unpaired) electrons. The van der Waals surface area contributed by atoms with E-state index in [2.05, 4.69) is 12.0 Å². The predicted octanol–water partition coefficient (Wildman–Crippen LogP) is 1.15. The number of hydrogen-bond donors (Lipinski definition) is 1. The van der Waals surface area contributed by atoms with Crippen molar-refractivity contribution in [3.63, 3.8) is 0 Å². The van der Waals surface area contributed by atoms with Crippen LogP contribution < -0.4 is 5.56 Å². The van der Waals surface area contributed by atoms with E-state index in [1.54, 1.807) is 10.7 Å². The lowest BCUT2D eigenvalue weighted by Gasteiger charge is -1.96. The Bertz CT molecular complexity index is 272. The fourth-order valence-corrected chi connectivity index (χ4v) is 1.06. The highest BCUT2D eigenvalue weighted by Gasteiger charge is 1.98. The van der Waals surface area contributed by atoms with Gasteiger partial charge in [-0.25, -0.2) is 0 Å². The minimum atomic E-state index is 0.0868. The summed E-state index contributed by atoms with van der Waals surface area (Å²) in [7, 11) is 0. The Balaban J connectivity index is 2.88. The molecule has 3 heteroatoms. The van der Waals surface area contributed by atoms with Crippen molar-refractivity contribution in [3.8, 4) is 0 Å². The van der Waals surface area contributed by atoms with Crippen LogP contribution in [0.1, 0.15) is 26.0 Å². The zero-order valence-corrected chi connectivity index (χ0v) is 7.05. The first-order valence-corrected chi connectivity index (χ1v) is 4.06. The van der Waals surface area contributed by atoms with Gasteiger partial charge in [-0.05, 0) is 12.8 Å². The normalized spacial score (nSPS) is 10.4. The number of nitrogens with zero attached hydrogens (tertiary/aromatic N) is 1. The summed E-state index contributed by atoms with van der Waals surface area (Å²) < 4.78 is 1.65. The van der Waals surface area contributed by atoms with Crippen molar-refractivity contribution in [2.45, 2.75) is 33.2 Å². The van der Waals surface area contributed by atoms with Crippen LogP contribution in [-0.2, 0) is 13.0 Å². The molecule has 0 saturated heterocycles. The Morgan fingerprint density at radius 3 is 2.73 bits per heavy atom. The van der Waals surface area contributed by atoms with Gasteiger partial charge in [0, 0.05) is 18.3 Å². The fraction of sp³-hybridized carbons (Fsp3) is 0.625. The zero-order chi connectivity index (χ0) is 8.27. The van der Waals surface area contributed by atoms with E-state index in [9.17, 15) is 4.79 Å². The summed E-state index contributed by atoms with van der Waals surface area (Å²) in [6, 6.07) is 1.66. The number of aromatic amines is 1. The van der Waals surface area contributed by atoms with E-state index >= 15 is 0 Å². The molecule has 3 nitrogen and oxygen atoms in total. The van der Waals surface area contributed by atoms with Gasteiger partial charge in [0.1, 0.15) is 0 Å². The van der Waals surface area contributed by atoms with E-state index in [4.69, 9.17) is 0 Å². The summed E-state index contributed by atoms with van der Waals surface area (Å²) in [6.45, 7) is 4.87. The van der Waals surface area contributed by atoms with Crippen LogP contribution in [-0.4, -0.2) is 9.78 Å². The third-order valence-electron chi connectivity index (χ3n) is 1.67. The van der Waals surface area contributed by atoms with Crippen LogP contribution in [0.4, 0.5) is 0 Å². The molecule has 0 aliphatic rings. The van der Waals surface area contributed by atoms with Crippen LogP contribution in [0.25, 0.3) is 0 Å². The Kier molecular flexibility index (Phi) is 2.52. The lowest BCUT2D eigenvalue weighted by Crippen LogP contribution is -2.15. The number of hydrogen-bond acceptors (Lipinski definition) is 1. The van der Waals surface area contributed by atoms with E-state index in [0.717, 1.165) is 25.1 Å². The smallest absolute Gasteiger partial charge is 0.266 e. The third-order valence-corrected chi connectivity index (χ3v) is 1.67. The van der Waals surface area contributed by atoms with Gasteiger partial charge in [0.25, 0.3) is 5.56 Å². The monoisotopic (exact) mass is 154 g/mol. The Hall–Kier alpha value is -0.990. The van der Waals surface area contributed by atoms with Crippen LogP contribution in [0.5, 0.6) is 0 Å². The first kappa shape index (κ1) is 8.11. The second-order valence-corrected chi connectivity index (χ2v) is 2.62. The largest absolute Gasteiger partial charge is 0.300 e. The molecule has 0 aliphatic carbocycles. The molecule has 1 heterocycles. The van der Waals surface area contributed by atoms with Gasteiger partial charge in [-0.2, -0.15) is 0 Å². The number of aryl methyl sites for hydroxylation is 2. The van der Waals surface area contributed by atoms with Crippen LogP contribution in [0.3, 0.4) is 0 Å². The summed E-state index contributed by atoms with van der Waals surface area (Å²) in [4.78, 5) is 11.1. The molecule has 0 aromatic carbocycles. The minimum Gasteiger partial charge on any atom is -0.300 e. The van der Waals surface area contributed by atoms with Crippen molar-refractivity contribution in [1.29, 1.82) is 0 Å². The molecule has 1 aromatic heterocycles. The van der Waals surface area contributed by atoms with Crippen LogP contribution in [0, 0.1) is 0 Å². The number of aromatic nitrogens is 2. The zero-order valence-electron chi connectivity index (χ0n) is 7.05. The maximum absolute atomic E-state index is 11.1. The molecular formula is C8H14N2O. The van der Waals surface area contributed by atoms with E-state index in [1.165, 1.54) is 0 Å². The molecule has 0 aliphatic heterocycles. The Morgan fingerprint density at radius 1 is 1.55 bits per heavy atom. The van der Waals surface area contributed by atoms with E-state index in [-0.39, 0.29) is 5.56 Å². The van der Waals surface area contributed by atoms with Gasteiger partial charge in [0.2, 0.25) is 0 Å². The molecule has 0 saturated carbocycles. The highest BCUT2D eigenvalue weighted by molar-refractivity contribution is 4.98. The Labute approximate surface area is 66.0 Å². The van der Waals surface area contributed by atoms with Gasteiger partial charge >= 0.3 is 0 Å². The first-order chi connectivity index (χ1) is 5.27. The molecule has 0 spiro atoms. The van der Waals surface area contributed by atoms with Crippen molar-refractivity contribution < 1.29 is 0 Å². The van der Waals surface area contributed by atoms with Gasteiger partial charge in [-0.1, -0.05) is 13.8 Å². The highest BCUT2D eigenvalue weighted by atomic mass is 16.1.